The number of aliphatic hydroxyl groups excluding tert-OH is 1. The molecule has 0 spiro atoms. The van der Waals surface area contributed by atoms with Gasteiger partial charge in [0.05, 0.1) is 7.11 Å². The van der Waals surface area contributed by atoms with E-state index in [2.05, 4.69) is 0 Å². The topological polar surface area (TPSA) is 29.5 Å². The van der Waals surface area contributed by atoms with Crippen LogP contribution in [0.5, 0.6) is 5.75 Å². The van der Waals surface area contributed by atoms with Gasteiger partial charge in [-0.15, -0.1) is 0 Å². The summed E-state index contributed by atoms with van der Waals surface area (Å²) in [6.07, 6.45) is -7.19. The first-order valence-corrected chi connectivity index (χ1v) is 4.26. The number of halogens is 3. The lowest BCUT2D eigenvalue weighted by atomic mass is 10.0. The van der Waals surface area contributed by atoms with E-state index in [1.807, 2.05) is 0 Å². The van der Waals surface area contributed by atoms with Crippen LogP contribution in [0.1, 0.15) is 17.2 Å². The van der Waals surface area contributed by atoms with Crippen molar-refractivity contribution in [3.05, 3.63) is 29.3 Å². The summed E-state index contributed by atoms with van der Waals surface area (Å²) in [5, 5.41) is 9.09. The maximum Gasteiger partial charge on any atom is 0.418 e. The summed E-state index contributed by atoms with van der Waals surface area (Å²) in [5.74, 6) is 0.0716. The third-order valence-electron chi connectivity index (χ3n) is 2.05. The molecule has 0 radical (unpaired) electrons. The number of hydrogen-bond acceptors (Lipinski definition) is 2. The fraction of sp³-hybridized carbons (Fsp3) is 0.400. The fourth-order valence-electron chi connectivity index (χ4n) is 1.35. The molecule has 0 saturated heterocycles. The summed E-state index contributed by atoms with van der Waals surface area (Å²) in [6.45, 7) is 1.62. The van der Waals surface area contributed by atoms with Crippen LogP contribution in [0.15, 0.2) is 18.2 Å². The second-order valence-electron chi connectivity index (χ2n) is 3.14. The highest BCUT2D eigenvalue weighted by molar-refractivity contribution is 5.42. The number of alkyl halides is 3. The van der Waals surface area contributed by atoms with Crippen molar-refractivity contribution >= 4 is 0 Å². The Kier molecular flexibility index (Phi) is 3.24. The Hall–Kier alpha value is -1.23. The lowest BCUT2D eigenvalue weighted by Crippen LogP contribution is -2.21. The molecule has 84 valence electrons. The number of hydrogen-bond donors (Lipinski definition) is 1. The first-order chi connectivity index (χ1) is 6.88. The van der Waals surface area contributed by atoms with Crippen LogP contribution in [-0.2, 0) is 0 Å². The van der Waals surface area contributed by atoms with Gasteiger partial charge in [0.25, 0.3) is 0 Å². The van der Waals surface area contributed by atoms with Gasteiger partial charge in [0.2, 0.25) is 0 Å². The van der Waals surface area contributed by atoms with Crippen LogP contribution in [0.25, 0.3) is 0 Å². The average Bonchev–Trinajstić information content (AvgIpc) is 2.14. The maximum absolute atomic E-state index is 12.3. The van der Waals surface area contributed by atoms with Gasteiger partial charge in [0, 0.05) is 5.56 Å². The predicted molar refractivity (Wildman–Crippen MR) is 48.7 cm³/mol. The number of aryl methyl sites for hydroxylation is 1. The van der Waals surface area contributed by atoms with Gasteiger partial charge in [-0.1, -0.05) is 18.2 Å². The van der Waals surface area contributed by atoms with E-state index in [-0.39, 0.29) is 11.3 Å². The van der Waals surface area contributed by atoms with E-state index in [4.69, 9.17) is 9.84 Å². The Bertz CT molecular complexity index is 347. The minimum Gasteiger partial charge on any atom is -0.496 e. The molecular formula is C10H11F3O2. The molecule has 0 aliphatic carbocycles. The highest BCUT2D eigenvalue weighted by Gasteiger charge is 2.41. The highest BCUT2D eigenvalue weighted by atomic mass is 19.4. The predicted octanol–water partition coefficient (Wildman–Crippen LogP) is 2.60. The van der Waals surface area contributed by atoms with Gasteiger partial charge in [0.1, 0.15) is 5.75 Å². The van der Waals surface area contributed by atoms with Gasteiger partial charge < -0.3 is 9.84 Å². The Morgan fingerprint density at radius 2 is 1.93 bits per heavy atom. The summed E-state index contributed by atoms with van der Waals surface area (Å²) in [4.78, 5) is 0. The van der Waals surface area contributed by atoms with Crippen molar-refractivity contribution in [2.45, 2.75) is 19.2 Å². The molecule has 1 aromatic rings. The van der Waals surface area contributed by atoms with Crippen LogP contribution < -0.4 is 4.74 Å². The van der Waals surface area contributed by atoms with Crippen LogP contribution in [0, 0.1) is 6.92 Å². The van der Waals surface area contributed by atoms with Crippen LogP contribution in [-0.4, -0.2) is 18.4 Å². The van der Waals surface area contributed by atoms with E-state index >= 15 is 0 Å². The SMILES string of the molecule is COc1c(C)cccc1[C@@H](O)C(F)(F)F. The van der Waals surface area contributed by atoms with E-state index < -0.39 is 12.3 Å². The minimum absolute atomic E-state index is 0.0716. The second-order valence-corrected chi connectivity index (χ2v) is 3.14. The summed E-state index contributed by atoms with van der Waals surface area (Å²) in [6, 6.07) is 4.26. The van der Waals surface area contributed by atoms with E-state index in [1.165, 1.54) is 19.2 Å². The number of rotatable bonds is 2. The number of methoxy groups -OCH3 is 1. The molecule has 0 aromatic heterocycles. The Balaban J connectivity index is 3.20. The third-order valence-corrected chi connectivity index (χ3v) is 2.05. The molecule has 0 heterocycles. The van der Waals surface area contributed by atoms with Gasteiger partial charge in [-0.2, -0.15) is 13.2 Å². The third kappa shape index (κ3) is 2.41. The van der Waals surface area contributed by atoms with Crippen LogP contribution in [0.2, 0.25) is 0 Å². The molecule has 0 bridgehead atoms. The summed E-state index contributed by atoms with van der Waals surface area (Å²) in [7, 11) is 1.27. The first kappa shape index (κ1) is 11.8. The number of para-hydroxylation sites is 1. The average molecular weight is 220 g/mol. The van der Waals surface area contributed by atoms with E-state index in [9.17, 15) is 13.2 Å². The minimum atomic E-state index is -4.68. The maximum atomic E-state index is 12.3. The second kappa shape index (κ2) is 4.10. The smallest absolute Gasteiger partial charge is 0.418 e. The molecule has 2 nitrogen and oxygen atoms in total. The Labute approximate surface area is 85.3 Å². The molecule has 1 N–H and O–H groups in total. The fourth-order valence-corrected chi connectivity index (χ4v) is 1.35. The van der Waals surface area contributed by atoms with Gasteiger partial charge in [-0.05, 0) is 12.5 Å². The van der Waals surface area contributed by atoms with Gasteiger partial charge >= 0.3 is 6.18 Å². The molecule has 0 unspecified atom stereocenters. The molecule has 0 aliphatic rings. The molecule has 1 aromatic carbocycles. The van der Waals surface area contributed by atoms with Crippen molar-refractivity contribution in [2.24, 2.45) is 0 Å². The molecular weight excluding hydrogens is 209 g/mol. The van der Waals surface area contributed by atoms with Crippen LogP contribution in [0.4, 0.5) is 13.2 Å². The molecule has 15 heavy (non-hydrogen) atoms. The summed E-state index contributed by atoms with van der Waals surface area (Å²) >= 11 is 0. The highest BCUT2D eigenvalue weighted by Crippen LogP contribution is 2.38. The monoisotopic (exact) mass is 220 g/mol. The van der Waals surface area contributed by atoms with Crippen LogP contribution >= 0.6 is 0 Å². The molecule has 0 saturated carbocycles. The molecule has 5 heteroatoms. The molecule has 0 aliphatic heterocycles. The van der Waals surface area contributed by atoms with Crippen molar-refractivity contribution in [3.8, 4) is 5.75 Å². The van der Waals surface area contributed by atoms with Crippen molar-refractivity contribution in [1.82, 2.24) is 0 Å². The number of aliphatic hydroxyl groups is 1. The Morgan fingerprint density at radius 3 is 2.40 bits per heavy atom. The van der Waals surface area contributed by atoms with Gasteiger partial charge in [-0.3, -0.25) is 0 Å². The summed E-state index contributed by atoms with van der Waals surface area (Å²) < 4.78 is 41.7. The van der Waals surface area contributed by atoms with E-state index in [1.54, 1.807) is 13.0 Å². The van der Waals surface area contributed by atoms with Crippen molar-refractivity contribution in [3.63, 3.8) is 0 Å². The van der Waals surface area contributed by atoms with Crippen molar-refractivity contribution in [1.29, 1.82) is 0 Å². The first-order valence-electron chi connectivity index (χ1n) is 4.26. The zero-order valence-corrected chi connectivity index (χ0v) is 8.30. The van der Waals surface area contributed by atoms with Gasteiger partial charge in [-0.25, -0.2) is 0 Å². The molecule has 0 fully saturated rings. The number of ether oxygens (including phenoxy) is 1. The number of benzene rings is 1. The van der Waals surface area contributed by atoms with Crippen molar-refractivity contribution < 1.29 is 23.0 Å². The molecule has 1 atom stereocenters. The van der Waals surface area contributed by atoms with Crippen LogP contribution in [0.3, 0.4) is 0 Å². The zero-order chi connectivity index (χ0) is 11.6. The normalized spacial score (nSPS) is 13.7. The lowest BCUT2D eigenvalue weighted by molar-refractivity contribution is -0.207. The quantitative estimate of drug-likeness (QED) is 0.830. The lowest BCUT2D eigenvalue weighted by Gasteiger charge is -2.18. The molecule has 1 rings (SSSR count). The largest absolute Gasteiger partial charge is 0.496 e. The standard InChI is InChI=1S/C10H11F3O2/c1-6-4-3-5-7(8(6)15-2)9(14)10(11,12)13/h3-5,9,14H,1-2H3/t9-/m1/s1. The Morgan fingerprint density at radius 1 is 1.33 bits per heavy atom. The zero-order valence-electron chi connectivity index (χ0n) is 8.30. The summed E-state index contributed by atoms with van der Waals surface area (Å²) in [5.41, 5.74) is 0.295. The van der Waals surface area contributed by atoms with Gasteiger partial charge in [0.15, 0.2) is 6.10 Å². The van der Waals surface area contributed by atoms with E-state index in [0.717, 1.165) is 0 Å². The molecule has 0 amide bonds. The van der Waals surface area contributed by atoms with E-state index in [0.29, 0.717) is 5.56 Å². The van der Waals surface area contributed by atoms with Crippen molar-refractivity contribution in [2.75, 3.05) is 7.11 Å².